The zero-order valence-electron chi connectivity index (χ0n) is 25.5. The predicted octanol–water partition coefficient (Wildman–Crippen LogP) is 6.84. The van der Waals surface area contributed by atoms with Crippen molar-refractivity contribution in [1.82, 2.24) is 19.8 Å². The number of alkyl halides is 6. The Morgan fingerprint density at radius 1 is 1.06 bits per heavy atom. The number of halogens is 7. The van der Waals surface area contributed by atoms with Gasteiger partial charge in [0, 0.05) is 61.3 Å². The topological polar surface area (TPSA) is 96.9 Å². The first kappa shape index (κ1) is 35.0. The van der Waals surface area contributed by atoms with E-state index >= 15 is 0 Å². The van der Waals surface area contributed by atoms with Crippen molar-refractivity contribution >= 4 is 51.0 Å². The van der Waals surface area contributed by atoms with Gasteiger partial charge in [-0.1, -0.05) is 23.7 Å². The van der Waals surface area contributed by atoms with Crippen LogP contribution in [0.25, 0.3) is 21.7 Å². The second-order valence-electron chi connectivity index (χ2n) is 11.3. The summed E-state index contributed by atoms with van der Waals surface area (Å²) in [5.74, 6) is -2.60. The maximum absolute atomic E-state index is 13.4. The molecule has 0 spiro atoms. The fourth-order valence-corrected chi connectivity index (χ4v) is 5.99. The standard InChI is InChI=1S/C32H30ClF6N5O4/c1-47-29(45)21-3-4-22-24-16-40-9-6-23(24)28(42-26(22)15-21)41-10-13-43-11-7-19(17-43)8-12-44(30(46)31(34,35)36)18-20-2-5-27(25(33)14-20)48-32(37,38)39/h2-6,9,14-16,19H,7-8,10-13,17-18H2,1H3,(H,41,42). The Labute approximate surface area is 275 Å². The number of rotatable bonds is 11. The van der Waals surface area contributed by atoms with Crippen LogP contribution in [0.3, 0.4) is 0 Å². The molecule has 2 aromatic heterocycles. The Bertz CT molecular complexity index is 1810. The number of fused-ring (bicyclic) bond motifs is 3. The SMILES string of the molecule is COC(=O)c1ccc2c(c1)nc(NCCN1CCC(CCN(Cc3ccc(OC(F)(F)F)c(Cl)c3)C(=O)C(F)(F)F)C1)c1ccncc12. The molecule has 1 amide bonds. The van der Waals surface area contributed by atoms with E-state index in [1.807, 2.05) is 6.07 Å². The number of ether oxygens (including phenoxy) is 2. The van der Waals surface area contributed by atoms with E-state index in [0.717, 1.165) is 34.4 Å². The molecule has 1 aliphatic heterocycles. The van der Waals surface area contributed by atoms with Gasteiger partial charge in [0.1, 0.15) is 11.6 Å². The summed E-state index contributed by atoms with van der Waals surface area (Å²) in [5.41, 5.74) is 1.08. The van der Waals surface area contributed by atoms with E-state index in [9.17, 15) is 35.9 Å². The molecule has 256 valence electrons. The zero-order valence-corrected chi connectivity index (χ0v) is 26.3. The van der Waals surface area contributed by atoms with Crippen LogP contribution in [0.15, 0.2) is 54.9 Å². The largest absolute Gasteiger partial charge is 0.573 e. The first-order chi connectivity index (χ1) is 22.7. The lowest BCUT2D eigenvalue weighted by atomic mass is 10.0. The van der Waals surface area contributed by atoms with Crippen molar-refractivity contribution in [3.05, 3.63) is 71.0 Å². The number of benzene rings is 2. The molecule has 3 heterocycles. The van der Waals surface area contributed by atoms with Gasteiger partial charge in [0.05, 0.1) is 23.2 Å². The number of pyridine rings is 2. The molecule has 0 saturated carbocycles. The first-order valence-electron chi connectivity index (χ1n) is 14.8. The number of hydrogen-bond acceptors (Lipinski definition) is 8. The molecule has 1 saturated heterocycles. The van der Waals surface area contributed by atoms with Gasteiger partial charge in [0.25, 0.3) is 0 Å². The molecule has 0 radical (unpaired) electrons. The molecular weight excluding hydrogens is 668 g/mol. The molecule has 16 heteroatoms. The second kappa shape index (κ2) is 14.4. The molecule has 2 aromatic carbocycles. The number of amides is 1. The van der Waals surface area contributed by atoms with E-state index in [4.69, 9.17) is 21.3 Å². The van der Waals surface area contributed by atoms with E-state index < -0.39 is 41.7 Å². The van der Waals surface area contributed by atoms with Gasteiger partial charge in [-0.25, -0.2) is 9.78 Å². The van der Waals surface area contributed by atoms with Gasteiger partial charge in [0.15, 0.2) is 0 Å². The maximum atomic E-state index is 13.4. The third-order valence-corrected chi connectivity index (χ3v) is 8.34. The van der Waals surface area contributed by atoms with Gasteiger partial charge >= 0.3 is 24.4 Å². The second-order valence-corrected chi connectivity index (χ2v) is 11.7. The van der Waals surface area contributed by atoms with Crippen LogP contribution in [0.5, 0.6) is 5.75 Å². The number of anilines is 1. The number of carbonyl (C=O) groups excluding carboxylic acids is 2. The van der Waals surface area contributed by atoms with Crippen LogP contribution in [-0.4, -0.2) is 84.0 Å². The molecule has 1 fully saturated rings. The highest BCUT2D eigenvalue weighted by molar-refractivity contribution is 6.32. The summed E-state index contributed by atoms with van der Waals surface area (Å²) in [4.78, 5) is 36.1. The number of likely N-dealkylation sites (tertiary alicyclic amines) is 1. The van der Waals surface area contributed by atoms with Gasteiger partial charge in [-0.15, -0.1) is 13.2 Å². The Hall–Kier alpha value is -4.37. The molecule has 1 unspecified atom stereocenters. The number of esters is 1. The Morgan fingerprint density at radius 3 is 2.56 bits per heavy atom. The number of nitrogens with zero attached hydrogens (tertiary/aromatic N) is 4. The summed E-state index contributed by atoms with van der Waals surface area (Å²) < 4.78 is 86.6. The van der Waals surface area contributed by atoms with Gasteiger partial charge in [-0.3, -0.25) is 9.78 Å². The molecular formula is C32H30ClF6N5O4. The highest BCUT2D eigenvalue weighted by atomic mass is 35.5. The van der Waals surface area contributed by atoms with Crippen LogP contribution in [0.1, 0.15) is 28.8 Å². The fraction of sp³-hybridized carbons (Fsp3) is 0.375. The predicted molar refractivity (Wildman–Crippen MR) is 166 cm³/mol. The van der Waals surface area contributed by atoms with E-state index in [1.165, 1.54) is 7.11 Å². The molecule has 1 aliphatic rings. The summed E-state index contributed by atoms with van der Waals surface area (Å²) in [7, 11) is 1.30. The molecule has 0 aliphatic carbocycles. The van der Waals surface area contributed by atoms with Crippen LogP contribution in [0.4, 0.5) is 32.2 Å². The molecule has 0 bridgehead atoms. The zero-order chi connectivity index (χ0) is 34.6. The van der Waals surface area contributed by atoms with Gasteiger partial charge in [-0.2, -0.15) is 13.2 Å². The molecule has 4 aromatic rings. The third kappa shape index (κ3) is 8.55. The summed E-state index contributed by atoms with van der Waals surface area (Å²) in [6.07, 6.45) is -5.73. The first-order valence-corrected chi connectivity index (χ1v) is 15.2. The van der Waals surface area contributed by atoms with Crippen LogP contribution in [0, 0.1) is 5.92 Å². The number of methoxy groups -OCH3 is 1. The summed E-state index contributed by atoms with van der Waals surface area (Å²) in [5, 5.41) is 5.44. The normalized spacial score (nSPS) is 15.5. The fourth-order valence-electron chi connectivity index (χ4n) is 5.75. The third-order valence-electron chi connectivity index (χ3n) is 8.04. The summed E-state index contributed by atoms with van der Waals surface area (Å²) in [6, 6.07) is 10.0. The molecule has 9 nitrogen and oxygen atoms in total. The van der Waals surface area contributed by atoms with Crippen molar-refractivity contribution in [2.24, 2.45) is 5.92 Å². The Morgan fingerprint density at radius 2 is 1.85 bits per heavy atom. The lowest BCUT2D eigenvalue weighted by molar-refractivity contribution is -0.274. The highest BCUT2D eigenvalue weighted by Crippen LogP contribution is 2.33. The van der Waals surface area contributed by atoms with Crippen molar-refractivity contribution in [2.75, 3.05) is 45.2 Å². The van der Waals surface area contributed by atoms with Crippen LogP contribution < -0.4 is 10.1 Å². The summed E-state index contributed by atoms with van der Waals surface area (Å²) >= 11 is 5.86. The van der Waals surface area contributed by atoms with E-state index in [1.54, 1.807) is 30.6 Å². The minimum absolute atomic E-state index is 0.0159. The number of aromatic nitrogens is 2. The van der Waals surface area contributed by atoms with Crippen LogP contribution in [-0.2, 0) is 16.1 Å². The molecule has 1 N–H and O–H groups in total. The maximum Gasteiger partial charge on any atom is 0.573 e. The molecule has 5 rings (SSSR count). The van der Waals surface area contributed by atoms with E-state index in [2.05, 4.69) is 19.9 Å². The van der Waals surface area contributed by atoms with Gasteiger partial charge < -0.3 is 24.6 Å². The average molecular weight is 698 g/mol. The average Bonchev–Trinajstić information content (AvgIpc) is 3.49. The van der Waals surface area contributed by atoms with Gasteiger partial charge in [0.2, 0.25) is 0 Å². The lowest BCUT2D eigenvalue weighted by Crippen LogP contribution is -2.41. The number of hydrogen-bond donors (Lipinski definition) is 1. The molecule has 48 heavy (non-hydrogen) atoms. The highest BCUT2D eigenvalue weighted by Gasteiger charge is 2.42. The minimum atomic E-state index is -5.13. The van der Waals surface area contributed by atoms with Crippen LogP contribution >= 0.6 is 11.6 Å². The van der Waals surface area contributed by atoms with E-state index in [-0.39, 0.29) is 18.0 Å². The van der Waals surface area contributed by atoms with Crippen molar-refractivity contribution in [1.29, 1.82) is 0 Å². The van der Waals surface area contributed by atoms with Crippen molar-refractivity contribution in [3.63, 3.8) is 0 Å². The minimum Gasteiger partial charge on any atom is -0.465 e. The smallest absolute Gasteiger partial charge is 0.465 e. The number of carbonyl (C=O) groups is 2. The number of nitrogens with one attached hydrogen (secondary N) is 1. The quantitative estimate of drug-likeness (QED) is 0.104. The van der Waals surface area contributed by atoms with Gasteiger partial charge in [-0.05, 0) is 61.2 Å². The Kier molecular flexibility index (Phi) is 10.5. The monoisotopic (exact) mass is 697 g/mol. The lowest BCUT2D eigenvalue weighted by Gasteiger charge is -2.25. The molecule has 1 atom stereocenters. The van der Waals surface area contributed by atoms with Crippen LogP contribution in [0.2, 0.25) is 5.02 Å². The van der Waals surface area contributed by atoms with Crippen molar-refractivity contribution in [3.8, 4) is 5.75 Å². The summed E-state index contributed by atoms with van der Waals surface area (Å²) in [6.45, 7) is 1.72. The Balaban J connectivity index is 1.19. The van der Waals surface area contributed by atoms with Crippen molar-refractivity contribution in [2.45, 2.75) is 31.9 Å². The van der Waals surface area contributed by atoms with E-state index in [0.29, 0.717) is 60.8 Å². The van der Waals surface area contributed by atoms with Crippen molar-refractivity contribution < 1.29 is 45.4 Å².